The molecule has 0 aliphatic carbocycles. The number of pyridine rings is 1. The highest BCUT2D eigenvalue weighted by Crippen LogP contribution is 2.28. The van der Waals surface area contributed by atoms with Gasteiger partial charge in [0.2, 0.25) is 15.9 Å². The predicted octanol–water partition coefficient (Wildman–Crippen LogP) is 2.18. The van der Waals surface area contributed by atoms with Crippen LogP contribution in [-0.4, -0.2) is 83.9 Å². The van der Waals surface area contributed by atoms with Crippen LogP contribution in [0.15, 0.2) is 39.8 Å². The third-order valence-electron chi connectivity index (χ3n) is 6.37. The average Bonchev–Trinajstić information content (AvgIpc) is 3.32. The fraction of sp³-hybridized carbons (Fsp3) is 0.440. The van der Waals surface area contributed by atoms with Crippen LogP contribution in [0, 0.1) is 20.8 Å². The number of sulfonamides is 1. The molecule has 1 aromatic carbocycles. The van der Waals surface area contributed by atoms with Gasteiger partial charge in [0.05, 0.1) is 18.6 Å². The molecule has 12 heteroatoms. The lowest BCUT2D eigenvalue weighted by atomic mass is 10.1. The van der Waals surface area contributed by atoms with Gasteiger partial charge in [0.1, 0.15) is 5.75 Å². The van der Waals surface area contributed by atoms with Crippen LogP contribution >= 0.6 is 0 Å². The third-order valence-corrected chi connectivity index (χ3v) is 8.48. The highest BCUT2D eigenvalue weighted by molar-refractivity contribution is 7.89. The van der Waals surface area contributed by atoms with Gasteiger partial charge in [0.25, 0.3) is 0 Å². The normalized spacial score (nSPS) is 14.8. The molecule has 0 radical (unpaired) electrons. The predicted molar refractivity (Wildman–Crippen MR) is 136 cm³/mol. The second-order valence-electron chi connectivity index (χ2n) is 9.23. The first-order chi connectivity index (χ1) is 17.6. The Morgan fingerprint density at radius 1 is 1.08 bits per heavy atom. The maximum absolute atomic E-state index is 13.3. The van der Waals surface area contributed by atoms with Gasteiger partial charge in [0.15, 0.2) is 0 Å². The van der Waals surface area contributed by atoms with Crippen LogP contribution in [0.2, 0.25) is 0 Å². The lowest BCUT2D eigenvalue weighted by molar-refractivity contribution is 0.0587. The molecule has 1 saturated heterocycles. The second kappa shape index (κ2) is 11.0. The zero-order chi connectivity index (χ0) is 26.7. The molecule has 4 rings (SSSR count). The fourth-order valence-corrected chi connectivity index (χ4v) is 6.00. The summed E-state index contributed by atoms with van der Waals surface area (Å²) in [5, 5.41) is 7.81. The summed E-state index contributed by atoms with van der Waals surface area (Å²) in [4.78, 5) is 21.3. The summed E-state index contributed by atoms with van der Waals surface area (Å²) in [6, 6.07) is 7.41. The topological polar surface area (TPSA) is 122 Å². The van der Waals surface area contributed by atoms with Gasteiger partial charge in [-0.3, -0.25) is 14.7 Å². The summed E-state index contributed by atoms with van der Waals surface area (Å²) in [7, 11) is -0.872. The van der Waals surface area contributed by atoms with E-state index >= 15 is 0 Å². The number of benzene rings is 1. The van der Waals surface area contributed by atoms with Crippen LogP contribution in [-0.2, 0) is 23.1 Å². The maximum atomic E-state index is 13.3. The minimum absolute atomic E-state index is 0.0462. The van der Waals surface area contributed by atoms with Crippen LogP contribution in [0.1, 0.15) is 39.0 Å². The van der Waals surface area contributed by atoms with E-state index in [-0.39, 0.29) is 29.1 Å². The Kier molecular flexibility index (Phi) is 7.90. The van der Waals surface area contributed by atoms with Gasteiger partial charge in [-0.1, -0.05) is 0 Å². The Balaban J connectivity index is 1.37. The van der Waals surface area contributed by atoms with Gasteiger partial charge in [-0.15, -0.1) is 10.2 Å². The molecule has 1 amide bonds. The first-order valence-electron chi connectivity index (χ1n) is 12.0. The molecule has 37 heavy (non-hydrogen) atoms. The van der Waals surface area contributed by atoms with Gasteiger partial charge >= 0.3 is 11.8 Å². The highest BCUT2D eigenvalue weighted by atomic mass is 32.2. The van der Waals surface area contributed by atoms with E-state index in [2.05, 4.69) is 26.1 Å². The Labute approximate surface area is 217 Å². The quantitative estimate of drug-likeness (QED) is 0.433. The number of carbonyl (C=O) groups is 1. The lowest BCUT2D eigenvalue weighted by Gasteiger charge is -2.34. The molecule has 1 fully saturated rings. The summed E-state index contributed by atoms with van der Waals surface area (Å²) in [6.45, 7) is 8.54. The van der Waals surface area contributed by atoms with E-state index in [9.17, 15) is 13.2 Å². The smallest absolute Gasteiger partial charge is 0.311 e. The van der Waals surface area contributed by atoms with E-state index in [1.54, 1.807) is 37.1 Å². The first kappa shape index (κ1) is 26.7. The van der Waals surface area contributed by atoms with Crippen LogP contribution < -0.4 is 4.74 Å². The van der Waals surface area contributed by atoms with Crippen molar-refractivity contribution in [3.05, 3.63) is 64.6 Å². The minimum atomic E-state index is -3.84. The van der Waals surface area contributed by atoms with Gasteiger partial charge in [0, 0.05) is 51.7 Å². The van der Waals surface area contributed by atoms with Crippen molar-refractivity contribution in [2.24, 2.45) is 0 Å². The number of rotatable bonds is 8. The van der Waals surface area contributed by atoms with Crippen LogP contribution in [0.4, 0.5) is 0 Å². The van der Waals surface area contributed by atoms with Crippen molar-refractivity contribution in [1.29, 1.82) is 0 Å². The van der Waals surface area contributed by atoms with Crippen LogP contribution in [0.5, 0.6) is 5.75 Å². The van der Waals surface area contributed by atoms with Crippen molar-refractivity contribution in [3.8, 4) is 5.75 Å². The van der Waals surface area contributed by atoms with Gasteiger partial charge in [-0.2, -0.15) is 4.31 Å². The minimum Gasteiger partial charge on any atom is -0.497 e. The van der Waals surface area contributed by atoms with Crippen LogP contribution in [0.3, 0.4) is 0 Å². The van der Waals surface area contributed by atoms with Gasteiger partial charge in [-0.05, 0) is 61.7 Å². The molecule has 0 unspecified atom stereocenters. The van der Waals surface area contributed by atoms with Gasteiger partial charge < -0.3 is 14.1 Å². The van der Waals surface area contributed by atoms with Crippen LogP contribution in [0.25, 0.3) is 0 Å². The van der Waals surface area contributed by atoms with E-state index in [0.29, 0.717) is 30.0 Å². The molecule has 1 aliphatic rings. The Morgan fingerprint density at radius 3 is 2.38 bits per heavy atom. The number of carbonyl (C=O) groups excluding carboxylic acids is 1. The van der Waals surface area contributed by atoms with E-state index < -0.39 is 10.0 Å². The number of hydrogen-bond donors (Lipinski definition) is 0. The Bertz CT molecular complexity index is 1360. The Morgan fingerprint density at radius 2 is 1.76 bits per heavy atom. The average molecular weight is 529 g/mol. The summed E-state index contributed by atoms with van der Waals surface area (Å²) in [5.41, 5.74) is 3.31. The second-order valence-corrected chi connectivity index (χ2v) is 11.2. The standard InChI is InChI=1S/C25H32N6O5S/c1-17-12-21(35-5)13-18(2)23(17)37(33,34)29(4)16-22-27-28-24(36-22)25(32)31-10-8-30(9-11-31)15-20-6-7-26-19(3)14-20/h6-7,12-14H,8-11,15-16H2,1-5H3. The van der Waals surface area contributed by atoms with Crippen molar-refractivity contribution in [2.75, 3.05) is 40.3 Å². The number of amides is 1. The fourth-order valence-electron chi connectivity index (χ4n) is 4.48. The highest BCUT2D eigenvalue weighted by Gasteiger charge is 2.29. The SMILES string of the molecule is COc1cc(C)c(S(=O)(=O)N(C)Cc2nnc(C(=O)N3CCN(Cc4ccnc(C)c4)CC3)o2)c(C)c1. The molecule has 3 aromatic rings. The molecule has 198 valence electrons. The summed E-state index contributed by atoms with van der Waals surface area (Å²) in [6.07, 6.45) is 1.81. The lowest BCUT2D eigenvalue weighted by Crippen LogP contribution is -2.48. The van der Waals surface area contributed by atoms with E-state index in [0.717, 1.165) is 29.6 Å². The summed E-state index contributed by atoms with van der Waals surface area (Å²) >= 11 is 0. The molecule has 0 spiro atoms. The number of aryl methyl sites for hydroxylation is 3. The number of ether oxygens (including phenoxy) is 1. The van der Waals surface area contributed by atoms with E-state index in [1.165, 1.54) is 19.7 Å². The molecule has 3 heterocycles. The molecule has 1 aliphatic heterocycles. The number of nitrogens with zero attached hydrogens (tertiary/aromatic N) is 6. The molecule has 0 atom stereocenters. The molecular formula is C25H32N6O5S. The summed E-state index contributed by atoms with van der Waals surface area (Å²) in [5.74, 6) is 0.135. The van der Waals surface area contributed by atoms with Crippen molar-refractivity contribution in [1.82, 2.24) is 29.3 Å². The van der Waals surface area contributed by atoms with Crippen molar-refractivity contribution < 1.29 is 22.4 Å². The third kappa shape index (κ3) is 5.97. The maximum Gasteiger partial charge on any atom is 0.311 e. The largest absolute Gasteiger partial charge is 0.497 e. The van der Waals surface area contributed by atoms with Gasteiger partial charge in [-0.25, -0.2) is 8.42 Å². The number of piperazine rings is 1. The molecular weight excluding hydrogens is 496 g/mol. The molecule has 0 N–H and O–H groups in total. The van der Waals surface area contributed by atoms with Crippen molar-refractivity contribution in [3.63, 3.8) is 0 Å². The summed E-state index contributed by atoms with van der Waals surface area (Å²) < 4.78 is 38.5. The van der Waals surface area contributed by atoms with Crippen molar-refractivity contribution >= 4 is 15.9 Å². The van der Waals surface area contributed by atoms with E-state index in [1.807, 2.05) is 13.0 Å². The number of aromatic nitrogens is 3. The zero-order valence-electron chi connectivity index (χ0n) is 21.8. The number of hydrogen-bond acceptors (Lipinski definition) is 9. The zero-order valence-corrected chi connectivity index (χ0v) is 22.6. The molecule has 0 saturated carbocycles. The van der Waals surface area contributed by atoms with E-state index in [4.69, 9.17) is 9.15 Å². The van der Waals surface area contributed by atoms with Crippen molar-refractivity contribution in [2.45, 2.75) is 38.8 Å². The number of methoxy groups -OCH3 is 1. The first-order valence-corrected chi connectivity index (χ1v) is 13.4. The molecule has 0 bridgehead atoms. The Hall–Kier alpha value is -3.35. The molecule has 11 nitrogen and oxygen atoms in total. The molecule has 2 aromatic heterocycles. The monoisotopic (exact) mass is 528 g/mol.